The standard InChI is InChI=1S/C18H25N3O2/c22-18(20-15-11-13-8-9-16(15)23-13)21-17(12-5-1-2-6-12)14-7-3-4-10-19-14/h3-4,7,10,12-13,15-17H,1-2,5-6,8-9,11H2,(H2,20,21,22)/t13-,15-,16-,17+/m1/s1. The molecule has 2 bridgehead atoms. The summed E-state index contributed by atoms with van der Waals surface area (Å²) in [5.74, 6) is 0.493. The molecule has 5 nitrogen and oxygen atoms in total. The lowest BCUT2D eigenvalue weighted by atomic mass is 9.94. The van der Waals surface area contributed by atoms with Crippen molar-refractivity contribution in [2.45, 2.75) is 69.2 Å². The van der Waals surface area contributed by atoms with E-state index in [2.05, 4.69) is 15.6 Å². The third-order valence-corrected chi connectivity index (χ3v) is 5.59. The van der Waals surface area contributed by atoms with E-state index in [4.69, 9.17) is 4.74 Å². The third kappa shape index (κ3) is 3.20. The quantitative estimate of drug-likeness (QED) is 0.898. The summed E-state index contributed by atoms with van der Waals surface area (Å²) < 4.78 is 5.82. The zero-order chi connectivity index (χ0) is 15.6. The van der Waals surface area contributed by atoms with Crippen molar-refractivity contribution in [3.63, 3.8) is 0 Å². The average molecular weight is 315 g/mol. The minimum atomic E-state index is -0.0753. The third-order valence-electron chi connectivity index (χ3n) is 5.59. The van der Waals surface area contributed by atoms with Crippen molar-refractivity contribution in [2.75, 3.05) is 0 Å². The molecule has 1 aliphatic carbocycles. The van der Waals surface area contributed by atoms with Crippen molar-refractivity contribution >= 4 is 6.03 Å². The summed E-state index contributed by atoms with van der Waals surface area (Å²) in [7, 11) is 0. The minimum Gasteiger partial charge on any atom is -0.373 e. The van der Waals surface area contributed by atoms with Crippen LogP contribution in [0.25, 0.3) is 0 Å². The van der Waals surface area contributed by atoms with E-state index in [0.29, 0.717) is 12.0 Å². The van der Waals surface area contributed by atoms with Gasteiger partial charge in [0.05, 0.1) is 30.0 Å². The Balaban J connectivity index is 1.41. The van der Waals surface area contributed by atoms with Crippen molar-refractivity contribution in [3.05, 3.63) is 30.1 Å². The number of amides is 2. The number of pyridine rings is 1. The number of nitrogens with one attached hydrogen (secondary N) is 2. The second kappa shape index (κ2) is 6.48. The van der Waals surface area contributed by atoms with Crippen LogP contribution in [0.2, 0.25) is 0 Å². The van der Waals surface area contributed by atoms with Crippen molar-refractivity contribution in [2.24, 2.45) is 5.92 Å². The van der Waals surface area contributed by atoms with E-state index in [1.165, 1.54) is 25.7 Å². The van der Waals surface area contributed by atoms with Gasteiger partial charge in [0, 0.05) is 6.20 Å². The van der Waals surface area contributed by atoms with Crippen LogP contribution in [0.1, 0.15) is 56.7 Å². The number of carbonyl (C=O) groups excluding carboxylic acids is 1. The van der Waals surface area contributed by atoms with Gasteiger partial charge in [0.2, 0.25) is 0 Å². The molecule has 0 unspecified atom stereocenters. The number of aromatic nitrogens is 1. The molecular formula is C18H25N3O2. The fourth-order valence-electron chi connectivity index (χ4n) is 4.42. The number of urea groups is 1. The molecule has 1 aromatic rings. The van der Waals surface area contributed by atoms with Crippen LogP contribution in [0.15, 0.2) is 24.4 Å². The minimum absolute atomic E-state index is 0.0122. The van der Waals surface area contributed by atoms with E-state index in [1.54, 1.807) is 6.20 Å². The van der Waals surface area contributed by atoms with E-state index < -0.39 is 0 Å². The molecule has 124 valence electrons. The summed E-state index contributed by atoms with van der Waals surface area (Å²) >= 11 is 0. The van der Waals surface area contributed by atoms with Crippen LogP contribution in [-0.4, -0.2) is 29.3 Å². The van der Waals surface area contributed by atoms with Gasteiger partial charge in [0.1, 0.15) is 0 Å². The highest BCUT2D eigenvalue weighted by molar-refractivity contribution is 5.75. The maximum absolute atomic E-state index is 12.5. The summed E-state index contributed by atoms with van der Waals surface area (Å²) in [6.07, 6.45) is 10.4. The largest absolute Gasteiger partial charge is 0.373 e. The number of nitrogens with zero attached hydrogens (tertiary/aromatic N) is 1. The monoisotopic (exact) mass is 315 g/mol. The normalized spacial score (nSPS) is 31.2. The number of fused-ring (bicyclic) bond motifs is 2. The van der Waals surface area contributed by atoms with Crippen LogP contribution >= 0.6 is 0 Å². The highest BCUT2D eigenvalue weighted by Gasteiger charge is 2.41. The maximum Gasteiger partial charge on any atom is 0.315 e. The lowest BCUT2D eigenvalue weighted by molar-refractivity contribution is 0.0979. The number of carbonyl (C=O) groups is 1. The van der Waals surface area contributed by atoms with Gasteiger partial charge < -0.3 is 15.4 Å². The first kappa shape index (κ1) is 14.9. The number of hydrogen-bond acceptors (Lipinski definition) is 3. The van der Waals surface area contributed by atoms with Gasteiger partial charge in [-0.15, -0.1) is 0 Å². The first-order chi connectivity index (χ1) is 11.3. The van der Waals surface area contributed by atoms with Gasteiger partial charge in [-0.1, -0.05) is 18.9 Å². The lowest BCUT2D eigenvalue weighted by Gasteiger charge is -2.26. The number of rotatable bonds is 4. The summed E-state index contributed by atoms with van der Waals surface area (Å²) in [5.41, 5.74) is 0.971. The van der Waals surface area contributed by atoms with Crippen molar-refractivity contribution in [1.29, 1.82) is 0 Å². The lowest BCUT2D eigenvalue weighted by Crippen LogP contribution is -2.48. The van der Waals surface area contributed by atoms with Gasteiger partial charge in [-0.25, -0.2) is 4.79 Å². The van der Waals surface area contributed by atoms with Crippen molar-refractivity contribution in [3.8, 4) is 0 Å². The Morgan fingerprint density at radius 2 is 2.09 bits per heavy atom. The molecule has 1 saturated carbocycles. The van der Waals surface area contributed by atoms with Gasteiger partial charge in [-0.2, -0.15) is 0 Å². The molecule has 3 aliphatic rings. The fourth-order valence-corrected chi connectivity index (χ4v) is 4.42. The van der Waals surface area contributed by atoms with Crippen LogP contribution in [-0.2, 0) is 4.74 Å². The van der Waals surface area contributed by atoms with Crippen LogP contribution < -0.4 is 10.6 Å². The first-order valence-electron chi connectivity index (χ1n) is 8.93. The Morgan fingerprint density at radius 3 is 2.74 bits per heavy atom. The molecule has 4 rings (SSSR count). The Bertz CT molecular complexity index is 544. The molecular weight excluding hydrogens is 290 g/mol. The predicted octanol–water partition coefficient (Wildman–Crippen LogP) is 2.93. The molecule has 0 spiro atoms. The van der Waals surface area contributed by atoms with Crippen LogP contribution in [0.4, 0.5) is 4.79 Å². The molecule has 1 aromatic heterocycles. The topological polar surface area (TPSA) is 63.2 Å². The van der Waals surface area contributed by atoms with E-state index in [9.17, 15) is 4.79 Å². The number of ether oxygens (including phenoxy) is 1. The predicted molar refractivity (Wildman–Crippen MR) is 86.9 cm³/mol. The number of hydrogen-bond donors (Lipinski definition) is 2. The molecule has 4 atom stereocenters. The zero-order valence-corrected chi connectivity index (χ0v) is 13.4. The Morgan fingerprint density at radius 1 is 1.22 bits per heavy atom. The molecule has 2 amide bonds. The summed E-state index contributed by atoms with van der Waals surface area (Å²) in [4.78, 5) is 17.0. The highest BCUT2D eigenvalue weighted by Crippen LogP contribution is 2.36. The van der Waals surface area contributed by atoms with Gasteiger partial charge in [0.25, 0.3) is 0 Å². The molecule has 5 heteroatoms. The van der Waals surface area contributed by atoms with E-state index in [-0.39, 0.29) is 24.2 Å². The van der Waals surface area contributed by atoms with E-state index >= 15 is 0 Å². The van der Waals surface area contributed by atoms with Gasteiger partial charge in [-0.05, 0) is 50.2 Å². The molecule has 2 aliphatic heterocycles. The Hall–Kier alpha value is -1.62. The van der Waals surface area contributed by atoms with E-state index in [0.717, 1.165) is 25.0 Å². The molecule has 3 heterocycles. The Kier molecular flexibility index (Phi) is 4.21. The SMILES string of the molecule is O=C(N[C@H](c1ccccn1)C1CCCC1)N[C@@H]1C[C@H]2CC[C@H]1O2. The molecule has 2 N–H and O–H groups in total. The summed E-state index contributed by atoms with van der Waals surface area (Å²) in [5, 5.41) is 6.32. The van der Waals surface area contributed by atoms with Crippen molar-refractivity contribution in [1.82, 2.24) is 15.6 Å². The maximum atomic E-state index is 12.5. The summed E-state index contributed by atoms with van der Waals surface area (Å²) in [6, 6.07) is 6.04. The fraction of sp³-hybridized carbons (Fsp3) is 0.667. The van der Waals surface area contributed by atoms with Crippen LogP contribution in [0.5, 0.6) is 0 Å². The first-order valence-corrected chi connectivity index (χ1v) is 8.93. The second-order valence-electron chi connectivity index (χ2n) is 7.11. The smallest absolute Gasteiger partial charge is 0.315 e. The van der Waals surface area contributed by atoms with Gasteiger partial charge >= 0.3 is 6.03 Å². The van der Waals surface area contributed by atoms with Gasteiger partial charge in [-0.3, -0.25) is 4.98 Å². The van der Waals surface area contributed by atoms with Crippen LogP contribution in [0, 0.1) is 5.92 Å². The second-order valence-corrected chi connectivity index (χ2v) is 7.11. The molecule has 23 heavy (non-hydrogen) atoms. The van der Waals surface area contributed by atoms with Crippen LogP contribution in [0.3, 0.4) is 0 Å². The average Bonchev–Trinajstić information content (AvgIpc) is 3.31. The molecule has 0 radical (unpaired) electrons. The molecule has 2 saturated heterocycles. The zero-order valence-electron chi connectivity index (χ0n) is 13.4. The Labute approximate surface area is 137 Å². The summed E-state index contributed by atoms with van der Waals surface area (Å²) in [6.45, 7) is 0. The molecule has 3 fully saturated rings. The molecule has 0 aromatic carbocycles. The van der Waals surface area contributed by atoms with Crippen molar-refractivity contribution < 1.29 is 9.53 Å². The highest BCUT2D eigenvalue weighted by atomic mass is 16.5. The van der Waals surface area contributed by atoms with E-state index in [1.807, 2.05) is 18.2 Å². The van der Waals surface area contributed by atoms with Gasteiger partial charge in [0.15, 0.2) is 0 Å².